The van der Waals surface area contributed by atoms with Crippen molar-refractivity contribution in [2.75, 3.05) is 16.8 Å². The number of rotatable bonds is 2. The Kier molecular flexibility index (Phi) is 2.03. The smallest absolute Gasteiger partial charge is 0.123 e. The molecule has 0 spiro atoms. The van der Waals surface area contributed by atoms with Crippen LogP contribution < -0.4 is 5.32 Å². The van der Waals surface area contributed by atoms with Crippen LogP contribution >= 0.6 is 11.8 Å². The number of anilines is 1. The number of aromatic amines is 1. The molecule has 1 aromatic rings. The van der Waals surface area contributed by atoms with Crippen LogP contribution in [0.5, 0.6) is 0 Å². The molecule has 1 aliphatic rings. The normalized spacial score (nSPS) is 23.8. The van der Waals surface area contributed by atoms with Gasteiger partial charge >= 0.3 is 0 Å². The van der Waals surface area contributed by atoms with E-state index in [1.54, 1.807) is 6.33 Å². The molecule has 1 atom stereocenters. The summed E-state index contributed by atoms with van der Waals surface area (Å²) in [6, 6.07) is 0.639. The molecule has 0 radical (unpaired) electrons. The third-order valence-corrected chi connectivity index (χ3v) is 2.95. The van der Waals surface area contributed by atoms with E-state index in [-0.39, 0.29) is 0 Å². The SMILES string of the molecule is c1ncc(NC2CCSC2)[nH]1. The van der Waals surface area contributed by atoms with Gasteiger partial charge in [-0.3, -0.25) is 0 Å². The maximum atomic E-state index is 3.94. The summed E-state index contributed by atoms with van der Waals surface area (Å²) in [7, 11) is 0. The minimum Gasteiger partial charge on any atom is -0.367 e. The number of H-pyrrole nitrogens is 1. The largest absolute Gasteiger partial charge is 0.367 e. The lowest BCUT2D eigenvalue weighted by molar-refractivity contribution is 0.808. The highest BCUT2D eigenvalue weighted by Gasteiger charge is 2.14. The number of imidazole rings is 1. The summed E-state index contributed by atoms with van der Waals surface area (Å²) in [5.41, 5.74) is 0. The molecular formula is C7H11N3S. The Morgan fingerprint density at radius 1 is 1.73 bits per heavy atom. The van der Waals surface area contributed by atoms with Crippen LogP contribution in [-0.4, -0.2) is 27.5 Å². The first-order valence-electron chi connectivity index (χ1n) is 3.78. The van der Waals surface area contributed by atoms with Crippen molar-refractivity contribution in [3.8, 4) is 0 Å². The summed E-state index contributed by atoms with van der Waals surface area (Å²) in [4.78, 5) is 6.97. The van der Waals surface area contributed by atoms with Crippen LogP contribution in [0.4, 0.5) is 5.82 Å². The molecule has 0 aromatic carbocycles. The van der Waals surface area contributed by atoms with Gasteiger partial charge in [-0.15, -0.1) is 0 Å². The molecule has 1 fully saturated rings. The Morgan fingerprint density at radius 2 is 2.73 bits per heavy atom. The predicted molar refractivity (Wildman–Crippen MR) is 47.9 cm³/mol. The van der Waals surface area contributed by atoms with Crippen LogP contribution in [0, 0.1) is 0 Å². The van der Waals surface area contributed by atoms with Crippen molar-refractivity contribution in [2.24, 2.45) is 0 Å². The summed E-state index contributed by atoms with van der Waals surface area (Å²) in [6.07, 6.45) is 4.79. The lowest BCUT2D eigenvalue weighted by Gasteiger charge is -2.09. The van der Waals surface area contributed by atoms with Gasteiger partial charge in [0.05, 0.1) is 12.5 Å². The van der Waals surface area contributed by atoms with Gasteiger partial charge in [-0.2, -0.15) is 11.8 Å². The van der Waals surface area contributed by atoms with Crippen LogP contribution in [0.1, 0.15) is 6.42 Å². The second kappa shape index (κ2) is 3.17. The van der Waals surface area contributed by atoms with E-state index < -0.39 is 0 Å². The number of nitrogens with zero attached hydrogens (tertiary/aromatic N) is 1. The summed E-state index contributed by atoms with van der Waals surface area (Å²) in [5, 5.41) is 3.38. The Morgan fingerprint density at radius 3 is 3.36 bits per heavy atom. The van der Waals surface area contributed by atoms with E-state index in [9.17, 15) is 0 Å². The first-order valence-corrected chi connectivity index (χ1v) is 4.93. The number of thioether (sulfide) groups is 1. The second-order valence-electron chi connectivity index (χ2n) is 2.67. The fourth-order valence-electron chi connectivity index (χ4n) is 1.20. The highest BCUT2D eigenvalue weighted by molar-refractivity contribution is 7.99. The van der Waals surface area contributed by atoms with Gasteiger partial charge in [0.2, 0.25) is 0 Å². The van der Waals surface area contributed by atoms with Crippen molar-refractivity contribution in [3.63, 3.8) is 0 Å². The third-order valence-electron chi connectivity index (χ3n) is 1.79. The van der Waals surface area contributed by atoms with Gasteiger partial charge in [0.25, 0.3) is 0 Å². The highest BCUT2D eigenvalue weighted by Crippen LogP contribution is 2.19. The maximum Gasteiger partial charge on any atom is 0.123 e. The van der Waals surface area contributed by atoms with Crippen LogP contribution in [-0.2, 0) is 0 Å². The average Bonchev–Trinajstić information content (AvgIpc) is 2.60. The highest BCUT2D eigenvalue weighted by atomic mass is 32.2. The molecule has 3 nitrogen and oxygen atoms in total. The number of nitrogens with one attached hydrogen (secondary N) is 2. The minimum atomic E-state index is 0.639. The standard InChI is InChI=1S/C7H11N3S/c1-2-11-4-6(1)10-7-3-8-5-9-7/h3,5-6,10H,1-2,4H2,(H,8,9). The zero-order valence-electron chi connectivity index (χ0n) is 6.21. The van der Waals surface area contributed by atoms with Gasteiger partial charge in [0, 0.05) is 11.8 Å². The van der Waals surface area contributed by atoms with E-state index in [0.717, 1.165) is 5.82 Å². The van der Waals surface area contributed by atoms with E-state index >= 15 is 0 Å². The Bertz CT molecular complexity index is 203. The second-order valence-corrected chi connectivity index (χ2v) is 3.82. The molecule has 0 saturated carbocycles. The van der Waals surface area contributed by atoms with Crippen molar-refractivity contribution in [1.29, 1.82) is 0 Å². The van der Waals surface area contributed by atoms with Crippen LogP contribution in [0.15, 0.2) is 12.5 Å². The molecule has 60 valence electrons. The fraction of sp³-hybridized carbons (Fsp3) is 0.571. The van der Waals surface area contributed by atoms with Crippen molar-refractivity contribution < 1.29 is 0 Å². The molecule has 1 saturated heterocycles. The monoisotopic (exact) mass is 169 g/mol. The van der Waals surface area contributed by atoms with Gasteiger partial charge in [0.1, 0.15) is 5.82 Å². The summed E-state index contributed by atoms with van der Waals surface area (Å²) >= 11 is 2.01. The zero-order chi connectivity index (χ0) is 7.52. The summed E-state index contributed by atoms with van der Waals surface area (Å²) < 4.78 is 0. The van der Waals surface area contributed by atoms with Crippen molar-refractivity contribution in [2.45, 2.75) is 12.5 Å². The number of aromatic nitrogens is 2. The Hall–Kier alpha value is -0.640. The van der Waals surface area contributed by atoms with Gasteiger partial charge in [0.15, 0.2) is 0 Å². The molecular weight excluding hydrogens is 158 g/mol. The van der Waals surface area contributed by atoms with E-state index in [1.165, 1.54) is 17.9 Å². The molecule has 0 amide bonds. The summed E-state index contributed by atoms with van der Waals surface area (Å²) in [5.74, 6) is 3.54. The zero-order valence-corrected chi connectivity index (χ0v) is 7.03. The molecule has 4 heteroatoms. The first kappa shape index (κ1) is 7.03. The topological polar surface area (TPSA) is 40.7 Å². The van der Waals surface area contributed by atoms with Gasteiger partial charge in [-0.1, -0.05) is 0 Å². The van der Waals surface area contributed by atoms with Crippen molar-refractivity contribution >= 4 is 17.6 Å². The Balaban J connectivity index is 1.90. The van der Waals surface area contributed by atoms with Crippen LogP contribution in [0.2, 0.25) is 0 Å². The number of hydrogen-bond acceptors (Lipinski definition) is 3. The van der Waals surface area contributed by atoms with E-state index in [2.05, 4.69) is 15.3 Å². The molecule has 1 unspecified atom stereocenters. The lowest BCUT2D eigenvalue weighted by atomic mass is 10.3. The van der Waals surface area contributed by atoms with Crippen LogP contribution in [0.25, 0.3) is 0 Å². The van der Waals surface area contributed by atoms with Gasteiger partial charge in [-0.25, -0.2) is 4.98 Å². The molecule has 0 bridgehead atoms. The molecule has 1 aromatic heterocycles. The fourth-order valence-corrected chi connectivity index (χ4v) is 2.36. The lowest BCUT2D eigenvalue weighted by Crippen LogP contribution is -2.18. The predicted octanol–water partition coefficient (Wildman–Crippen LogP) is 1.33. The van der Waals surface area contributed by atoms with E-state index in [0.29, 0.717) is 6.04 Å². The summed E-state index contributed by atoms with van der Waals surface area (Å²) in [6.45, 7) is 0. The minimum absolute atomic E-state index is 0.639. The molecule has 2 rings (SSSR count). The quantitative estimate of drug-likeness (QED) is 0.701. The maximum absolute atomic E-state index is 3.94. The van der Waals surface area contributed by atoms with Crippen LogP contribution in [0.3, 0.4) is 0 Å². The molecule has 2 heterocycles. The van der Waals surface area contributed by atoms with Crippen molar-refractivity contribution in [3.05, 3.63) is 12.5 Å². The third kappa shape index (κ3) is 1.68. The number of hydrogen-bond donors (Lipinski definition) is 2. The first-order chi connectivity index (χ1) is 5.45. The van der Waals surface area contributed by atoms with E-state index in [4.69, 9.17) is 0 Å². The Labute approximate surface area is 70.0 Å². The van der Waals surface area contributed by atoms with Gasteiger partial charge in [-0.05, 0) is 12.2 Å². The molecule has 2 N–H and O–H groups in total. The molecule has 0 aliphatic carbocycles. The van der Waals surface area contributed by atoms with E-state index in [1.807, 2.05) is 18.0 Å². The van der Waals surface area contributed by atoms with Gasteiger partial charge < -0.3 is 10.3 Å². The van der Waals surface area contributed by atoms with Crippen molar-refractivity contribution in [1.82, 2.24) is 9.97 Å². The average molecular weight is 169 g/mol. The molecule has 1 aliphatic heterocycles. The molecule has 11 heavy (non-hydrogen) atoms.